The van der Waals surface area contributed by atoms with Gasteiger partial charge in [0.05, 0.1) is 11.1 Å². The number of cyclic esters (lactones) is 1. The lowest BCUT2D eigenvalue weighted by Crippen LogP contribution is -2.18. The van der Waals surface area contributed by atoms with Gasteiger partial charge < -0.3 is 15.2 Å². The van der Waals surface area contributed by atoms with Gasteiger partial charge in [-0.3, -0.25) is 0 Å². The largest absolute Gasteiger partial charge is 0.506 e. The van der Waals surface area contributed by atoms with E-state index in [2.05, 4.69) is 5.32 Å². The molecule has 0 spiro atoms. The zero-order valence-corrected chi connectivity index (χ0v) is 7.91. The SMILES string of the molecule is O=C1N[C@@H](c2cccc(Cl)c2O)CO1. The van der Waals surface area contributed by atoms with Gasteiger partial charge >= 0.3 is 6.09 Å². The average molecular weight is 214 g/mol. The molecule has 1 fully saturated rings. The number of carbonyl (C=O) groups is 1. The maximum Gasteiger partial charge on any atom is 0.407 e. The molecule has 0 saturated carbocycles. The predicted molar refractivity (Wildman–Crippen MR) is 50.3 cm³/mol. The Morgan fingerprint density at radius 3 is 3.00 bits per heavy atom. The minimum atomic E-state index is -0.477. The van der Waals surface area contributed by atoms with Gasteiger partial charge in [-0.25, -0.2) is 4.79 Å². The maximum atomic E-state index is 10.8. The Bertz CT molecular complexity index is 380. The molecule has 5 heteroatoms. The van der Waals surface area contributed by atoms with Crippen molar-refractivity contribution in [3.8, 4) is 5.75 Å². The van der Waals surface area contributed by atoms with Gasteiger partial charge in [0, 0.05) is 5.56 Å². The van der Waals surface area contributed by atoms with E-state index in [9.17, 15) is 9.90 Å². The highest BCUT2D eigenvalue weighted by Gasteiger charge is 2.26. The van der Waals surface area contributed by atoms with Gasteiger partial charge in [0.1, 0.15) is 12.4 Å². The van der Waals surface area contributed by atoms with E-state index in [4.69, 9.17) is 16.3 Å². The maximum absolute atomic E-state index is 10.8. The van der Waals surface area contributed by atoms with Crippen LogP contribution in [0.25, 0.3) is 0 Å². The third-order valence-electron chi connectivity index (χ3n) is 2.07. The van der Waals surface area contributed by atoms with Crippen LogP contribution in [0.5, 0.6) is 5.75 Å². The molecule has 1 atom stereocenters. The molecule has 4 nitrogen and oxygen atoms in total. The number of para-hydroxylation sites is 1. The lowest BCUT2D eigenvalue weighted by atomic mass is 10.1. The van der Waals surface area contributed by atoms with Crippen LogP contribution in [-0.4, -0.2) is 17.8 Å². The zero-order chi connectivity index (χ0) is 10.1. The van der Waals surface area contributed by atoms with E-state index in [0.29, 0.717) is 5.56 Å². The van der Waals surface area contributed by atoms with Gasteiger partial charge in [0.25, 0.3) is 0 Å². The summed E-state index contributed by atoms with van der Waals surface area (Å²) in [4.78, 5) is 10.8. The number of rotatable bonds is 1. The minimum absolute atomic E-state index is 0.00929. The smallest absolute Gasteiger partial charge is 0.407 e. The second kappa shape index (κ2) is 3.38. The molecular weight excluding hydrogens is 206 g/mol. The number of alkyl carbamates (subject to hydrolysis) is 1. The van der Waals surface area contributed by atoms with Crippen LogP contribution in [0.1, 0.15) is 11.6 Å². The fourth-order valence-electron chi connectivity index (χ4n) is 1.37. The predicted octanol–water partition coefficient (Wildman–Crippen LogP) is 1.83. The van der Waals surface area contributed by atoms with Crippen LogP contribution in [0.15, 0.2) is 18.2 Å². The van der Waals surface area contributed by atoms with E-state index in [1.165, 1.54) is 0 Å². The Hall–Kier alpha value is -1.42. The number of benzene rings is 1. The van der Waals surface area contributed by atoms with Crippen molar-refractivity contribution in [3.63, 3.8) is 0 Å². The van der Waals surface area contributed by atoms with Gasteiger partial charge in [-0.15, -0.1) is 0 Å². The first kappa shape index (κ1) is 9.15. The van der Waals surface area contributed by atoms with Crippen LogP contribution in [0.4, 0.5) is 4.79 Å². The standard InChI is InChI=1S/C9H8ClNO3/c10-6-3-1-2-5(8(6)12)7-4-14-9(13)11-7/h1-3,7,12H,4H2,(H,11,13)/t7-/m1/s1. The first-order chi connectivity index (χ1) is 6.68. The van der Waals surface area contributed by atoms with Gasteiger partial charge in [0.2, 0.25) is 0 Å². The minimum Gasteiger partial charge on any atom is -0.506 e. The summed E-state index contributed by atoms with van der Waals surface area (Å²) in [6.07, 6.45) is -0.477. The molecule has 1 aliphatic rings. The van der Waals surface area contributed by atoms with Gasteiger partial charge in [-0.1, -0.05) is 23.7 Å². The molecular formula is C9H8ClNO3. The summed E-state index contributed by atoms with van der Waals surface area (Å²) in [6, 6.07) is 4.67. The molecule has 74 valence electrons. The zero-order valence-electron chi connectivity index (χ0n) is 7.16. The number of phenolic OH excluding ortho intramolecular Hbond substituents is 1. The number of amides is 1. The van der Waals surface area contributed by atoms with E-state index in [1.807, 2.05) is 0 Å². The monoisotopic (exact) mass is 213 g/mol. The van der Waals surface area contributed by atoms with Crippen molar-refractivity contribution in [1.82, 2.24) is 5.32 Å². The third kappa shape index (κ3) is 1.48. The molecule has 14 heavy (non-hydrogen) atoms. The normalized spacial score (nSPS) is 20.4. The second-order valence-electron chi connectivity index (χ2n) is 2.97. The molecule has 1 heterocycles. The van der Waals surface area contributed by atoms with Crippen LogP contribution < -0.4 is 5.32 Å². The highest BCUT2D eigenvalue weighted by atomic mass is 35.5. The molecule has 0 radical (unpaired) electrons. The average Bonchev–Trinajstić information content (AvgIpc) is 2.57. The molecule has 2 N–H and O–H groups in total. The Balaban J connectivity index is 2.32. The van der Waals surface area contributed by atoms with Crippen molar-refractivity contribution in [1.29, 1.82) is 0 Å². The van der Waals surface area contributed by atoms with E-state index in [0.717, 1.165) is 0 Å². The number of ether oxygens (including phenoxy) is 1. The molecule has 0 aliphatic carbocycles. The highest BCUT2D eigenvalue weighted by molar-refractivity contribution is 6.32. The lowest BCUT2D eigenvalue weighted by molar-refractivity contribution is 0.177. The number of nitrogens with one attached hydrogen (secondary N) is 1. The molecule has 1 aromatic carbocycles. The summed E-state index contributed by atoms with van der Waals surface area (Å²) in [5.74, 6) is -0.00929. The Kier molecular flexibility index (Phi) is 2.21. The summed E-state index contributed by atoms with van der Waals surface area (Å²) in [5.41, 5.74) is 0.573. The molecule has 1 aliphatic heterocycles. The van der Waals surface area contributed by atoms with Crippen molar-refractivity contribution in [2.24, 2.45) is 0 Å². The van der Waals surface area contributed by atoms with Crippen molar-refractivity contribution in [2.75, 3.05) is 6.61 Å². The number of aromatic hydroxyl groups is 1. The van der Waals surface area contributed by atoms with Crippen LogP contribution in [0.2, 0.25) is 5.02 Å². The third-order valence-corrected chi connectivity index (χ3v) is 2.37. The summed E-state index contributed by atoms with van der Waals surface area (Å²) in [5, 5.41) is 12.4. The highest BCUT2D eigenvalue weighted by Crippen LogP contribution is 2.32. The number of hydrogen-bond acceptors (Lipinski definition) is 3. The van der Waals surface area contributed by atoms with Gasteiger partial charge in [-0.05, 0) is 6.07 Å². The molecule has 0 unspecified atom stereocenters. The summed E-state index contributed by atoms with van der Waals surface area (Å²) in [7, 11) is 0. The molecule has 0 bridgehead atoms. The summed E-state index contributed by atoms with van der Waals surface area (Å²) in [6.45, 7) is 0.215. The molecule has 2 rings (SSSR count). The molecule has 1 aromatic rings. The summed E-state index contributed by atoms with van der Waals surface area (Å²) < 4.78 is 4.71. The van der Waals surface area contributed by atoms with E-state index in [-0.39, 0.29) is 23.4 Å². The second-order valence-corrected chi connectivity index (χ2v) is 3.38. The van der Waals surface area contributed by atoms with Crippen molar-refractivity contribution in [2.45, 2.75) is 6.04 Å². The van der Waals surface area contributed by atoms with E-state index < -0.39 is 6.09 Å². The molecule has 1 amide bonds. The number of hydrogen-bond donors (Lipinski definition) is 2. The lowest BCUT2D eigenvalue weighted by Gasteiger charge is -2.10. The number of halogens is 1. The Labute approximate surface area is 85.4 Å². The van der Waals surface area contributed by atoms with Crippen molar-refractivity contribution < 1.29 is 14.6 Å². The van der Waals surface area contributed by atoms with E-state index in [1.54, 1.807) is 18.2 Å². The Morgan fingerprint density at radius 1 is 1.57 bits per heavy atom. The van der Waals surface area contributed by atoms with Crippen molar-refractivity contribution in [3.05, 3.63) is 28.8 Å². The van der Waals surface area contributed by atoms with Crippen LogP contribution >= 0.6 is 11.6 Å². The fourth-order valence-corrected chi connectivity index (χ4v) is 1.55. The van der Waals surface area contributed by atoms with Gasteiger partial charge in [0.15, 0.2) is 0 Å². The van der Waals surface area contributed by atoms with Crippen molar-refractivity contribution >= 4 is 17.7 Å². The first-order valence-corrected chi connectivity index (χ1v) is 4.47. The number of phenols is 1. The topological polar surface area (TPSA) is 58.6 Å². The molecule has 1 saturated heterocycles. The van der Waals surface area contributed by atoms with Crippen LogP contribution in [0, 0.1) is 0 Å². The van der Waals surface area contributed by atoms with Crippen LogP contribution in [-0.2, 0) is 4.74 Å². The first-order valence-electron chi connectivity index (χ1n) is 4.09. The number of carbonyl (C=O) groups excluding carboxylic acids is 1. The quantitative estimate of drug-likeness (QED) is 0.748. The fraction of sp³-hybridized carbons (Fsp3) is 0.222. The van der Waals surface area contributed by atoms with Gasteiger partial charge in [-0.2, -0.15) is 0 Å². The van der Waals surface area contributed by atoms with E-state index >= 15 is 0 Å². The van der Waals surface area contributed by atoms with Crippen LogP contribution in [0.3, 0.4) is 0 Å². The summed E-state index contributed by atoms with van der Waals surface area (Å²) >= 11 is 5.73. The Morgan fingerprint density at radius 2 is 2.36 bits per heavy atom. The molecule has 0 aromatic heterocycles.